The molecule has 0 aliphatic heterocycles. The Kier molecular flexibility index (Phi) is 2.69. The van der Waals surface area contributed by atoms with E-state index >= 15 is 0 Å². The van der Waals surface area contributed by atoms with E-state index in [4.69, 9.17) is 28.5 Å². The third kappa shape index (κ3) is 1.58. The van der Waals surface area contributed by atoms with Gasteiger partial charge in [0.15, 0.2) is 0 Å². The fraction of sp³-hybridized carbons (Fsp3) is 0. The summed E-state index contributed by atoms with van der Waals surface area (Å²) in [6.07, 6.45) is 0.624. The maximum absolute atomic E-state index is 10.3. The van der Waals surface area contributed by atoms with Crippen molar-refractivity contribution in [3.05, 3.63) is 33.3 Å². The number of nitriles is 1. The number of nitrogens with zero attached hydrogens (tertiary/aromatic N) is 1. The van der Waals surface area contributed by atoms with Gasteiger partial charge >= 0.3 is 0 Å². The monoisotopic (exact) mass is 199 g/mol. The molecule has 12 heavy (non-hydrogen) atoms. The molecular weight excluding hydrogens is 197 g/mol. The Bertz CT molecular complexity index is 345. The minimum Gasteiger partial charge on any atom is -0.298 e. The molecule has 0 unspecified atom stereocenters. The van der Waals surface area contributed by atoms with Gasteiger partial charge in [-0.2, -0.15) is 5.26 Å². The maximum atomic E-state index is 10.3. The normalized spacial score (nSPS) is 9.08. The lowest BCUT2D eigenvalue weighted by Gasteiger charge is -1.98. The van der Waals surface area contributed by atoms with Crippen molar-refractivity contribution in [1.82, 2.24) is 0 Å². The van der Waals surface area contributed by atoms with Gasteiger partial charge in [0.1, 0.15) is 12.4 Å². The molecule has 1 rings (SSSR count). The molecule has 0 aliphatic carbocycles. The molecule has 0 N–H and O–H groups in total. The molecule has 0 fully saturated rings. The number of carbonyl (C=O) groups excluding carboxylic acids is 1. The molecule has 2 nitrogen and oxygen atoms in total. The van der Waals surface area contributed by atoms with E-state index in [1.165, 1.54) is 12.1 Å². The molecule has 1 aromatic carbocycles. The van der Waals surface area contributed by atoms with Gasteiger partial charge in [-0.15, -0.1) is 0 Å². The predicted octanol–water partition coefficient (Wildman–Crippen LogP) is 2.68. The molecular formula is C8H3Cl2NO. The van der Waals surface area contributed by atoms with Crippen LogP contribution in [-0.4, -0.2) is 6.29 Å². The Morgan fingerprint density at radius 1 is 1.33 bits per heavy atom. The number of carbonyl (C=O) groups is 1. The highest BCUT2D eigenvalue weighted by Crippen LogP contribution is 2.24. The first-order chi connectivity index (χ1) is 5.69. The molecule has 0 atom stereocenters. The van der Waals surface area contributed by atoms with Crippen molar-refractivity contribution in [2.75, 3.05) is 0 Å². The van der Waals surface area contributed by atoms with Crippen LogP contribution < -0.4 is 0 Å². The fourth-order valence-electron chi connectivity index (χ4n) is 0.768. The average molecular weight is 200 g/mol. The molecule has 1 aromatic rings. The van der Waals surface area contributed by atoms with Crippen molar-refractivity contribution < 1.29 is 4.79 Å². The molecule has 4 heteroatoms. The molecule has 0 heterocycles. The molecule has 0 aliphatic rings. The summed E-state index contributed by atoms with van der Waals surface area (Å²) in [5.74, 6) is 0. The number of hydrogen-bond acceptors (Lipinski definition) is 2. The highest BCUT2D eigenvalue weighted by Gasteiger charge is 2.06. The quantitative estimate of drug-likeness (QED) is 0.653. The minimum absolute atomic E-state index is 0.198. The summed E-state index contributed by atoms with van der Waals surface area (Å²) < 4.78 is 0. The second-order valence-electron chi connectivity index (χ2n) is 2.09. The zero-order valence-electron chi connectivity index (χ0n) is 5.84. The van der Waals surface area contributed by atoms with E-state index in [1.54, 1.807) is 0 Å². The van der Waals surface area contributed by atoms with E-state index < -0.39 is 0 Å². The van der Waals surface area contributed by atoms with Gasteiger partial charge in [0.05, 0.1) is 15.6 Å². The number of hydrogen-bond donors (Lipinski definition) is 0. The summed E-state index contributed by atoms with van der Waals surface area (Å²) >= 11 is 11.3. The smallest absolute Gasteiger partial charge is 0.150 e. The van der Waals surface area contributed by atoms with E-state index in [2.05, 4.69) is 0 Å². The predicted molar refractivity (Wildman–Crippen MR) is 46.6 cm³/mol. The standard InChI is InChI=1S/C8H3Cl2NO/c9-7-1-5(4-12)2-8(10)6(7)3-11/h1-2,4H. The van der Waals surface area contributed by atoms with Crippen LogP contribution in [0.1, 0.15) is 15.9 Å². The van der Waals surface area contributed by atoms with Crippen molar-refractivity contribution in [2.24, 2.45) is 0 Å². The first-order valence-electron chi connectivity index (χ1n) is 3.03. The summed E-state index contributed by atoms with van der Waals surface area (Å²) in [6.45, 7) is 0. The van der Waals surface area contributed by atoms with Gasteiger partial charge in [0.25, 0.3) is 0 Å². The van der Waals surface area contributed by atoms with E-state index in [0.717, 1.165) is 0 Å². The van der Waals surface area contributed by atoms with Crippen molar-refractivity contribution in [3.63, 3.8) is 0 Å². The van der Waals surface area contributed by atoms with Gasteiger partial charge in [-0.25, -0.2) is 0 Å². The Morgan fingerprint density at radius 3 is 2.17 bits per heavy atom. The Morgan fingerprint density at radius 2 is 1.83 bits per heavy atom. The summed E-state index contributed by atoms with van der Waals surface area (Å²) in [5.41, 5.74) is 0.563. The SMILES string of the molecule is N#Cc1c(Cl)cc(C=O)cc1Cl. The summed E-state index contributed by atoms with van der Waals surface area (Å²) in [6, 6.07) is 4.64. The molecule has 0 radical (unpaired) electrons. The third-order valence-electron chi connectivity index (χ3n) is 1.31. The molecule has 60 valence electrons. The van der Waals surface area contributed by atoms with E-state index in [9.17, 15) is 4.79 Å². The van der Waals surface area contributed by atoms with Crippen LogP contribution >= 0.6 is 23.2 Å². The van der Waals surface area contributed by atoms with Crippen LogP contribution in [0.5, 0.6) is 0 Å². The van der Waals surface area contributed by atoms with Gasteiger partial charge in [-0.1, -0.05) is 23.2 Å². The lowest BCUT2D eigenvalue weighted by atomic mass is 10.1. The highest BCUT2D eigenvalue weighted by molar-refractivity contribution is 6.37. The van der Waals surface area contributed by atoms with Crippen LogP contribution in [0.3, 0.4) is 0 Å². The Labute approximate surface area is 79.3 Å². The van der Waals surface area contributed by atoms with Crippen LogP contribution in [0.15, 0.2) is 12.1 Å². The van der Waals surface area contributed by atoms with Crippen LogP contribution in [-0.2, 0) is 0 Å². The van der Waals surface area contributed by atoms with Crippen LogP contribution in [0, 0.1) is 11.3 Å². The fourth-order valence-corrected chi connectivity index (χ4v) is 1.36. The van der Waals surface area contributed by atoms with Crippen molar-refractivity contribution in [2.45, 2.75) is 0 Å². The largest absolute Gasteiger partial charge is 0.298 e. The molecule has 0 spiro atoms. The lowest BCUT2D eigenvalue weighted by molar-refractivity contribution is 0.112. The highest BCUT2D eigenvalue weighted by atomic mass is 35.5. The molecule has 0 bridgehead atoms. The lowest BCUT2D eigenvalue weighted by Crippen LogP contribution is -1.84. The van der Waals surface area contributed by atoms with Crippen LogP contribution in [0.2, 0.25) is 10.0 Å². The molecule has 0 saturated heterocycles. The first kappa shape index (κ1) is 9.05. The molecule has 0 aromatic heterocycles. The van der Waals surface area contributed by atoms with Gasteiger partial charge in [-0.3, -0.25) is 4.79 Å². The zero-order valence-corrected chi connectivity index (χ0v) is 7.36. The summed E-state index contributed by atoms with van der Waals surface area (Å²) in [5, 5.41) is 8.96. The molecule has 0 amide bonds. The van der Waals surface area contributed by atoms with Gasteiger partial charge in [0, 0.05) is 5.56 Å². The number of halogens is 2. The number of benzene rings is 1. The Balaban J connectivity index is 3.39. The topological polar surface area (TPSA) is 40.9 Å². The van der Waals surface area contributed by atoms with Gasteiger partial charge in [-0.05, 0) is 12.1 Å². The van der Waals surface area contributed by atoms with Gasteiger partial charge in [0.2, 0.25) is 0 Å². The van der Waals surface area contributed by atoms with Crippen LogP contribution in [0.4, 0.5) is 0 Å². The van der Waals surface area contributed by atoms with E-state index in [0.29, 0.717) is 11.8 Å². The number of aldehydes is 1. The zero-order chi connectivity index (χ0) is 9.14. The van der Waals surface area contributed by atoms with Crippen molar-refractivity contribution >= 4 is 29.5 Å². The maximum Gasteiger partial charge on any atom is 0.150 e. The Hall–Kier alpha value is -1.04. The third-order valence-corrected chi connectivity index (χ3v) is 1.91. The summed E-state index contributed by atoms with van der Waals surface area (Å²) in [7, 11) is 0. The second-order valence-corrected chi connectivity index (χ2v) is 2.90. The molecule has 0 saturated carbocycles. The van der Waals surface area contributed by atoms with Gasteiger partial charge < -0.3 is 0 Å². The number of rotatable bonds is 1. The summed E-state index contributed by atoms with van der Waals surface area (Å²) in [4.78, 5) is 10.3. The second kappa shape index (κ2) is 3.57. The minimum atomic E-state index is 0.198. The van der Waals surface area contributed by atoms with E-state index in [-0.39, 0.29) is 15.6 Å². The van der Waals surface area contributed by atoms with Crippen molar-refractivity contribution in [3.8, 4) is 6.07 Å². The average Bonchev–Trinajstić information content (AvgIpc) is 2.03. The first-order valence-corrected chi connectivity index (χ1v) is 3.79. The van der Waals surface area contributed by atoms with Crippen molar-refractivity contribution in [1.29, 1.82) is 5.26 Å². The van der Waals surface area contributed by atoms with Crippen LogP contribution in [0.25, 0.3) is 0 Å². The van der Waals surface area contributed by atoms with E-state index in [1.807, 2.05) is 6.07 Å².